The van der Waals surface area contributed by atoms with Crippen LogP contribution in [0.15, 0.2) is 57.5 Å². The largest absolute Gasteiger partial charge is 0.506 e. The van der Waals surface area contributed by atoms with Gasteiger partial charge in [-0.25, -0.2) is 10.3 Å². The van der Waals surface area contributed by atoms with Crippen LogP contribution < -0.4 is 10.8 Å². The van der Waals surface area contributed by atoms with E-state index in [1.807, 2.05) is 19.1 Å². The average Bonchev–Trinajstić information content (AvgIpc) is 2.69. The topological polar surface area (TPSA) is 108 Å². The first kappa shape index (κ1) is 23.9. The maximum atomic E-state index is 12.6. The van der Waals surface area contributed by atoms with Crippen LogP contribution in [0.25, 0.3) is 0 Å². The van der Waals surface area contributed by atoms with Crippen molar-refractivity contribution in [3.05, 3.63) is 68.6 Å². The van der Waals surface area contributed by atoms with E-state index in [0.717, 1.165) is 11.6 Å². The van der Waals surface area contributed by atoms with Crippen molar-refractivity contribution in [1.29, 1.82) is 0 Å². The fourth-order valence-corrected chi connectivity index (χ4v) is 3.97. The molecule has 0 heterocycles. The summed E-state index contributed by atoms with van der Waals surface area (Å²) in [6.07, 6.45) is 0.904. The number of hydroxylamine groups is 1. The number of rotatable bonds is 6. The fourth-order valence-electron chi connectivity index (χ4n) is 2.71. The molecule has 0 saturated heterocycles. The van der Waals surface area contributed by atoms with Crippen molar-refractivity contribution >= 4 is 49.5 Å². The Morgan fingerprint density at radius 2 is 1.80 bits per heavy atom. The van der Waals surface area contributed by atoms with Gasteiger partial charge in [-0.3, -0.25) is 15.3 Å². The second kappa shape index (κ2) is 10.1. The van der Waals surface area contributed by atoms with Gasteiger partial charge in [0.2, 0.25) is 0 Å². The first-order chi connectivity index (χ1) is 14.0. The minimum Gasteiger partial charge on any atom is -0.506 e. The Balaban J connectivity index is 2.40. The van der Waals surface area contributed by atoms with E-state index in [2.05, 4.69) is 37.2 Å². The number of phenols is 1. The fraction of sp³-hybridized carbons (Fsp3) is 0.238. The number of hydrogen-bond donors (Lipinski definition) is 4. The summed E-state index contributed by atoms with van der Waals surface area (Å²) in [5.41, 5.74) is 2.50. The van der Waals surface area contributed by atoms with E-state index in [1.165, 1.54) is 11.6 Å². The number of amides is 2. The molecular weight excluding hydrogens is 520 g/mol. The molecule has 2 rings (SSSR count). The van der Waals surface area contributed by atoms with Crippen LogP contribution in [0, 0.1) is 12.3 Å². The van der Waals surface area contributed by atoms with Crippen LogP contribution in [-0.2, 0) is 9.53 Å². The van der Waals surface area contributed by atoms with Gasteiger partial charge in [-0.1, -0.05) is 53.5 Å². The number of anilines is 1. The summed E-state index contributed by atoms with van der Waals surface area (Å²) >= 11 is 6.65. The molecule has 4 N–H and O–H groups in total. The van der Waals surface area contributed by atoms with Gasteiger partial charge >= 0.3 is 6.09 Å². The quantitative estimate of drug-likeness (QED) is 0.216. The minimum atomic E-state index is -0.973. The third-order valence-electron chi connectivity index (χ3n) is 4.31. The van der Waals surface area contributed by atoms with Gasteiger partial charge in [0.05, 0.1) is 4.47 Å². The molecule has 9 heteroatoms. The Hall–Kier alpha value is -2.36. The molecule has 1 atom stereocenters. The summed E-state index contributed by atoms with van der Waals surface area (Å²) in [6, 6.07) is 10.5. The van der Waals surface area contributed by atoms with Crippen molar-refractivity contribution in [3.8, 4) is 5.75 Å². The van der Waals surface area contributed by atoms with E-state index in [1.54, 1.807) is 38.1 Å². The highest BCUT2D eigenvalue weighted by molar-refractivity contribution is 9.11. The first-order valence-electron chi connectivity index (χ1n) is 8.89. The van der Waals surface area contributed by atoms with Crippen LogP contribution in [0.5, 0.6) is 5.75 Å². The van der Waals surface area contributed by atoms with E-state index >= 15 is 0 Å². The van der Waals surface area contributed by atoms with Gasteiger partial charge in [-0.2, -0.15) is 0 Å². The Morgan fingerprint density at radius 1 is 1.17 bits per heavy atom. The van der Waals surface area contributed by atoms with Gasteiger partial charge < -0.3 is 9.84 Å². The summed E-state index contributed by atoms with van der Waals surface area (Å²) in [5.74, 6) is -0.829. The third kappa shape index (κ3) is 6.32. The second-order valence-electron chi connectivity index (χ2n) is 7.23. The van der Waals surface area contributed by atoms with Crippen molar-refractivity contribution in [2.24, 2.45) is 5.41 Å². The summed E-state index contributed by atoms with van der Waals surface area (Å²) < 4.78 is 6.76. The number of hydrogen-bond acceptors (Lipinski definition) is 5. The molecule has 0 bridgehead atoms. The highest BCUT2D eigenvalue weighted by atomic mass is 79.9. The molecule has 0 aliphatic carbocycles. The number of aryl methyl sites for hydroxylation is 1. The average molecular weight is 542 g/mol. The van der Waals surface area contributed by atoms with Gasteiger partial charge in [0.15, 0.2) is 0 Å². The Kier molecular flexibility index (Phi) is 8.05. The number of carbonyl (C=O) groups is 2. The lowest BCUT2D eigenvalue weighted by molar-refractivity contribution is -0.124. The Labute approximate surface area is 191 Å². The zero-order chi connectivity index (χ0) is 22.5. The van der Waals surface area contributed by atoms with E-state index in [4.69, 9.17) is 9.94 Å². The number of aromatic hydroxyl groups is 1. The Bertz CT molecular complexity index is 959. The molecular formula is C21H22Br2N2O5. The van der Waals surface area contributed by atoms with Crippen molar-refractivity contribution in [3.63, 3.8) is 0 Å². The second-order valence-corrected chi connectivity index (χ2v) is 9.00. The van der Waals surface area contributed by atoms with E-state index in [9.17, 15) is 14.7 Å². The number of benzene rings is 2. The lowest BCUT2D eigenvalue weighted by Crippen LogP contribution is -2.28. The molecule has 2 amide bonds. The molecule has 2 aromatic carbocycles. The van der Waals surface area contributed by atoms with Crippen LogP contribution in [0.2, 0.25) is 0 Å². The lowest BCUT2D eigenvalue weighted by atomic mass is 9.81. The zero-order valence-electron chi connectivity index (χ0n) is 16.6. The normalized spacial score (nSPS) is 12.5. The molecule has 7 nitrogen and oxygen atoms in total. The predicted molar refractivity (Wildman–Crippen MR) is 120 cm³/mol. The zero-order valence-corrected chi connectivity index (χ0v) is 19.7. The van der Waals surface area contributed by atoms with Crippen LogP contribution in [0.1, 0.15) is 31.1 Å². The highest BCUT2D eigenvalue weighted by Crippen LogP contribution is 2.45. The monoisotopic (exact) mass is 540 g/mol. The first-order valence-corrected chi connectivity index (χ1v) is 10.5. The van der Waals surface area contributed by atoms with E-state index in [-0.39, 0.29) is 5.75 Å². The predicted octanol–water partition coefficient (Wildman–Crippen LogP) is 5.60. The van der Waals surface area contributed by atoms with Gasteiger partial charge in [0.25, 0.3) is 5.91 Å². The number of nitrogens with one attached hydrogen (secondary N) is 2. The molecule has 160 valence electrons. The van der Waals surface area contributed by atoms with Crippen LogP contribution >= 0.6 is 31.9 Å². The molecule has 30 heavy (non-hydrogen) atoms. The molecule has 0 aliphatic rings. The molecule has 0 unspecified atom stereocenters. The minimum absolute atomic E-state index is 0.0978. The molecule has 0 aromatic heterocycles. The lowest BCUT2D eigenvalue weighted by Gasteiger charge is -2.32. The summed E-state index contributed by atoms with van der Waals surface area (Å²) in [5, 5.41) is 22.0. The van der Waals surface area contributed by atoms with Crippen LogP contribution in [-0.4, -0.2) is 22.3 Å². The number of phenolic OH excluding ortho intramolecular Hbond substituents is 1. The van der Waals surface area contributed by atoms with Crippen LogP contribution in [0.4, 0.5) is 10.5 Å². The van der Waals surface area contributed by atoms with Gasteiger partial charge in [0.1, 0.15) is 11.9 Å². The summed E-state index contributed by atoms with van der Waals surface area (Å²) in [6.45, 7) is 5.39. The molecule has 0 radical (unpaired) electrons. The van der Waals surface area contributed by atoms with Crippen molar-refractivity contribution < 1.29 is 24.6 Å². The third-order valence-corrected chi connectivity index (χ3v) is 5.38. The Morgan fingerprint density at radius 3 is 2.40 bits per heavy atom. The molecule has 2 aromatic rings. The maximum absolute atomic E-state index is 12.6. The van der Waals surface area contributed by atoms with Crippen LogP contribution in [0.3, 0.4) is 0 Å². The van der Waals surface area contributed by atoms with Gasteiger partial charge in [-0.15, -0.1) is 0 Å². The van der Waals surface area contributed by atoms with Gasteiger partial charge in [-0.05, 0) is 47.1 Å². The molecule has 0 saturated carbocycles. The number of ether oxygens (including phenoxy) is 1. The van der Waals surface area contributed by atoms with Gasteiger partial charge in [0, 0.05) is 27.2 Å². The van der Waals surface area contributed by atoms with Crippen molar-refractivity contribution in [2.45, 2.75) is 26.9 Å². The number of halogens is 2. The summed E-state index contributed by atoms with van der Waals surface area (Å²) in [4.78, 5) is 24.1. The van der Waals surface area contributed by atoms with Crippen molar-refractivity contribution in [2.75, 3.05) is 5.32 Å². The smallest absolute Gasteiger partial charge is 0.412 e. The molecule has 0 aliphatic heterocycles. The highest BCUT2D eigenvalue weighted by Gasteiger charge is 2.35. The summed E-state index contributed by atoms with van der Waals surface area (Å²) in [7, 11) is 0. The van der Waals surface area contributed by atoms with E-state index in [0.29, 0.717) is 20.2 Å². The van der Waals surface area contributed by atoms with E-state index < -0.39 is 23.5 Å². The maximum Gasteiger partial charge on any atom is 0.412 e. The van der Waals surface area contributed by atoms with Crippen molar-refractivity contribution in [1.82, 2.24) is 5.48 Å². The molecule has 0 spiro atoms. The standard InChI is InChI=1S/C21H22Br2N2O5/c1-12-4-6-14(7-5-12)24-20(28)30-19(21(2,3)9-8-17(26)25-29)15-10-13(22)11-16(23)18(15)27/h4-11,19,27,29H,1-3H3,(H,24,28)(H,25,26)/b9-8+/t19-/m0/s1. The SMILES string of the molecule is Cc1ccc(NC(=O)O[C@@H](c2cc(Br)cc(Br)c2O)C(C)(C)/C=C/C(=O)NO)cc1. The number of carbonyl (C=O) groups excluding carboxylic acids is 2. The molecule has 0 fully saturated rings.